The summed E-state index contributed by atoms with van der Waals surface area (Å²) in [5.74, 6) is 2.37. The van der Waals surface area contributed by atoms with Crippen LogP contribution >= 0.6 is 0 Å². The quantitative estimate of drug-likeness (QED) is 0.649. The Morgan fingerprint density at radius 3 is 2.79 bits per heavy atom. The summed E-state index contributed by atoms with van der Waals surface area (Å²) < 4.78 is 23.4. The Kier molecular flexibility index (Phi) is 5.20. The summed E-state index contributed by atoms with van der Waals surface area (Å²) in [6, 6.07) is 9.70. The first-order chi connectivity index (χ1) is 11.7. The van der Waals surface area contributed by atoms with E-state index in [1.807, 2.05) is 44.2 Å². The van der Waals surface area contributed by atoms with Gasteiger partial charge in [-0.1, -0.05) is 42.4 Å². The van der Waals surface area contributed by atoms with E-state index in [1.54, 1.807) is 6.20 Å². The van der Waals surface area contributed by atoms with Crippen LogP contribution in [-0.4, -0.2) is 19.3 Å². The van der Waals surface area contributed by atoms with Gasteiger partial charge in [-0.15, -0.1) is 0 Å². The second kappa shape index (κ2) is 7.53. The van der Waals surface area contributed by atoms with Gasteiger partial charge >= 0.3 is 0 Å². The van der Waals surface area contributed by atoms with Crippen LogP contribution in [0.5, 0.6) is 0 Å². The fraction of sp³-hybridized carbons (Fsp3) is 0.353. The average Bonchev–Trinajstić information content (AvgIpc) is 3.25. The lowest BCUT2D eigenvalue weighted by Gasteiger charge is -2.05. The van der Waals surface area contributed by atoms with Crippen molar-refractivity contribution in [3.05, 3.63) is 54.1 Å². The maximum atomic E-state index is 12.5. The molecular formula is C17H19N3O3S. The SMILES string of the molecule is CCCc1nc(C[S@@](=O)[C@H](C)c2ncc(-c3ccccc3)o2)no1. The van der Waals surface area contributed by atoms with Crippen molar-refractivity contribution in [3.8, 4) is 11.3 Å². The molecule has 2 aromatic heterocycles. The summed E-state index contributed by atoms with van der Waals surface area (Å²) in [4.78, 5) is 8.51. The van der Waals surface area contributed by atoms with Gasteiger partial charge in [0.1, 0.15) is 5.25 Å². The Balaban J connectivity index is 1.68. The van der Waals surface area contributed by atoms with Crippen LogP contribution in [0, 0.1) is 0 Å². The summed E-state index contributed by atoms with van der Waals surface area (Å²) in [7, 11) is -1.24. The van der Waals surface area contributed by atoms with E-state index >= 15 is 0 Å². The van der Waals surface area contributed by atoms with Gasteiger partial charge in [-0.3, -0.25) is 4.21 Å². The number of oxazole rings is 1. The molecular weight excluding hydrogens is 326 g/mol. The second-order valence-electron chi connectivity index (χ2n) is 5.45. The maximum absolute atomic E-state index is 12.5. The summed E-state index contributed by atoms with van der Waals surface area (Å²) in [5.41, 5.74) is 0.941. The Morgan fingerprint density at radius 1 is 1.25 bits per heavy atom. The van der Waals surface area contributed by atoms with E-state index in [0.717, 1.165) is 18.4 Å². The van der Waals surface area contributed by atoms with Crippen molar-refractivity contribution in [2.75, 3.05) is 0 Å². The lowest BCUT2D eigenvalue weighted by molar-refractivity contribution is 0.373. The van der Waals surface area contributed by atoms with Crippen molar-refractivity contribution in [3.63, 3.8) is 0 Å². The van der Waals surface area contributed by atoms with Gasteiger partial charge in [0.15, 0.2) is 11.6 Å². The van der Waals surface area contributed by atoms with Crippen LogP contribution in [0.2, 0.25) is 0 Å². The summed E-state index contributed by atoms with van der Waals surface area (Å²) in [5, 5.41) is 3.52. The molecule has 0 unspecified atom stereocenters. The monoisotopic (exact) mass is 345 g/mol. The summed E-state index contributed by atoms with van der Waals surface area (Å²) in [6.45, 7) is 3.86. The van der Waals surface area contributed by atoms with Crippen molar-refractivity contribution >= 4 is 10.8 Å². The molecule has 0 bridgehead atoms. The van der Waals surface area contributed by atoms with Crippen LogP contribution in [-0.2, 0) is 23.0 Å². The predicted molar refractivity (Wildman–Crippen MR) is 90.5 cm³/mol. The topological polar surface area (TPSA) is 82.0 Å². The Morgan fingerprint density at radius 2 is 2.04 bits per heavy atom. The van der Waals surface area contributed by atoms with Crippen LogP contribution in [0.15, 0.2) is 45.5 Å². The van der Waals surface area contributed by atoms with Crippen LogP contribution in [0.3, 0.4) is 0 Å². The van der Waals surface area contributed by atoms with Crippen molar-refractivity contribution < 1.29 is 13.1 Å². The molecule has 6 nitrogen and oxygen atoms in total. The summed E-state index contributed by atoms with van der Waals surface area (Å²) >= 11 is 0. The lowest BCUT2D eigenvalue weighted by atomic mass is 10.2. The van der Waals surface area contributed by atoms with Crippen molar-refractivity contribution in [2.24, 2.45) is 0 Å². The number of aromatic nitrogens is 3. The zero-order valence-electron chi connectivity index (χ0n) is 13.6. The smallest absolute Gasteiger partial charge is 0.226 e. The van der Waals surface area contributed by atoms with Crippen LogP contribution in [0.1, 0.15) is 43.1 Å². The molecule has 3 aromatic rings. The van der Waals surface area contributed by atoms with Gasteiger partial charge in [-0.2, -0.15) is 4.98 Å². The van der Waals surface area contributed by atoms with E-state index < -0.39 is 10.8 Å². The lowest BCUT2D eigenvalue weighted by Crippen LogP contribution is -2.06. The molecule has 0 amide bonds. The largest absolute Gasteiger partial charge is 0.439 e. The molecule has 0 saturated heterocycles. The normalized spacial score (nSPS) is 13.8. The average molecular weight is 345 g/mol. The molecule has 2 heterocycles. The molecule has 7 heteroatoms. The molecule has 0 spiro atoms. The molecule has 24 heavy (non-hydrogen) atoms. The van der Waals surface area contributed by atoms with Crippen molar-refractivity contribution in [1.29, 1.82) is 0 Å². The van der Waals surface area contributed by atoms with Gasteiger partial charge in [0.25, 0.3) is 0 Å². The number of aryl methyl sites for hydroxylation is 1. The minimum absolute atomic E-state index is 0.220. The highest BCUT2D eigenvalue weighted by Crippen LogP contribution is 2.26. The second-order valence-corrected chi connectivity index (χ2v) is 7.21. The first-order valence-electron chi connectivity index (χ1n) is 7.87. The Bertz CT molecular complexity index is 813. The van der Waals surface area contributed by atoms with Gasteiger partial charge in [0, 0.05) is 22.8 Å². The zero-order chi connectivity index (χ0) is 16.9. The minimum atomic E-state index is -1.24. The first kappa shape index (κ1) is 16.6. The molecule has 0 N–H and O–H groups in total. The van der Waals surface area contributed by atoms with E-state index in [1.165, 1.54) is 0 Å². The van der Waals surface area contributed by atoms with Gasteiger partial charge in [-0.05, 0) is 13.3 Å². The zero-order valence-corrected chi connectivity index (χ0v) is 14.5. The third-order valence-corrected chi connectivity index (χ3v) is 5.10. The van der Waals surface area contributed by atoms with E-state index in [4.69, 9.17) is 8.94 Å². The number of hydrogen-bond donors (Lipinski definition) is 0. The van der Waals surface area contributed by atoms with Crippen molar-refractivity contribution in [1.82, 2.24) is 15.1 Å². The Hall–Kier alpha value is -2.28. The molecule has 3 rings (SSSR count). The van der Waals surface area contributed by atoms with E-state index in [-0.39, 0.29) is 11.0 Å². The van der Waals surface area contributed by atoms with Crippen molar-refractivity contribution in [2.45, 2.75) is 37.7 Å². The molecule has 0 aliphatic rings. The van der Waals surface area contributed by atoms with Gasteiger partial charge in [-0.25, -0.2) is 4.98 Å². The molecule has 126 valence electrons. The van der Waals surface area contributed by atoms with E-state index in [9.17, 15) is 4.21 Å². The standard InChI is InChI=1S/C17H19N3O3S/c1-3-7-16-19-15(20-23-16)11-24(21)12(2)17-18-10-14(22-17)13-8-5-4-6-9-13/h4-6,8-10,12H,3,7,11H2,1-2H3/t12-,24-/m1/s1. The highest BCUT2D eigenvalue weighted by atomic mass is 32.2. The molecule has 0 aliphatic heterocycles. The molecule has 0 radical (unpaired) electrons. The van der Waals surface area contributed by atoms with Gasteiger partial charge in [0.05, 0.1) is 11.9 Å². The maximum Gasteiger partial charge on any atom is 0.226 e. The molecule has 0 saturated carbocycles. The molecule has 0 fully saturated rings. The predicted octanol–water partition coefficient (Wildman–Crippen LogP) is 3.69. The van der Waals surface area contributed by atoms with Crippen LogP contribution in [0.4, 0.5) is 0 Å². The number of benzene rings is 1. The van der Waals surface area contributed by atoms with E-state index in [0.29, 0.717) is 23.4 Å². The highest BCUT2D eigenvalue weighted by Gasteiger charge is 2.21. The van der Waals surface area contributed by atoms with Crippen LogP contribution < -0.4 is 0 Å². The minimum Gasteiger partial charge on any atom is -0.439 e. The summed E-state index contributed by atoms with van der Waals surface area (Å²) in [6.07, 6.45) is 3.32. The van der Waals surface area contributed by atoms with Gasteiger partial charge in [0.2, 0.25) is 11.8 Å². The number of hydrogen-bond acceptors (Lipinski definition) is 6. The van der Waals surface area contributed by atoms with Gasteiger partial charge < -0.3 is 8.94 Å². The van der Waals surface area contributed by atoms with Crippen LogP contribution in [0.25, 0.3) is 11.3 Å². The number of nitrogens with zero attached hydrogens (tertiary/aromatic N) is 3. The first-order valence-corrected chi connectivity index (χ1v) is 9.25. The highest BCUT2D eigenvalue weighted by molar-refractivity contribution is 7.84. The molecule has 2 atom stereocenters. The fourth-order valence-corrected chi connectivity index (χ4v) is 3.20. The number of rotatable bonds is 7. The third kappa shape index (κ3) is 3.79. The van der Waals surface area contributed by atoms with E-state index in [2.05, 4.69) is 15.1 Å². The third-order valence-electron chi connectivity index (χ3n) is 3.57. The molecule has 0 aliphatic carbocycles. The molecule has 1 aromatic carbocycles. The Labute approximate surface area is 142 Å². The fourth-order valence-electron chi connectivity index (χ4n) is 2.24.